The minimum atomic E-state index is -0.0573. The highest BCUT2D eigenvalue weighted by Gasteiger charge is 2.12. The topological polar surface area (TPSA) is 29.1 Å². The Bertz CT molecular complexity index is 590. The maximum atomic E-state index is 12.1. The summed E-state index contributed by atoms with van der Waals surface area (Å²) < 4.78 is 2.02. The van der Waals surface area contributed by atoms with Crippen LogP contribution in [-0.2, 0) is 0 Å². The largest absolute Gasteiger partial charge is 0.320 e. The van der Waals surface area contributed by atoms with Crippen LogP contribution in [0, 0.1) is 17.4 Å². The van der Waals surface area contributed by atoms with E-state index in [1.54, 1.807) is 0 Å². The van der Waals surface area contributed by atoms with Gasteiger partial charge >= 0.3 is 0 Å². The molecule has 0 aliphatic heterocycles. The summed E-state index contributed by atoms with van der Waals surface area (Å²) in [7, 11) is 0. The van der Waals surface area contributed by atoms with Crippen LogP contribution in [0.5, 0.6) is 0 Å². The number of carbonyl (C=O) groups is 1. The van der Waals surface area contributed by atoms with Gasteiger partial charge in [-0.3, -0.25) is 4.79 Å². The van der Waals surface area contributed by atoms with Crippen LogP contribution >= 0.6 is 49.9 Å². The Kier molecular flexibility index (Phi) is 4.45. The number of halogens is 2. The van der Waals surface area contributed by atoms with Gasteiger partial charge in [-0.1, -0.05) is 0 Å². The van der Waals surface area contributed by atoms with Gasteiger partial charge in [-0.15, -0.1) is 11.3 Å². The molecule has 0 saturated carbocycles. The van der Waals surface area contributed by atoms with Crippen LogP contribution in [0.15, 0.2) is 28.7 Å². The number of hydrogen-bond acceptors (Lipinski definition) is 2. The molecule has 94 valence electrons. The van der Waals surface area contributed by atoms with E-state index in [-0.39, 0.29) is 5.91 Å². The van der Waals surface area contributed by atoms with Crippen molar-refractivity contribution in [1.82, 2.24) is 0 Å². The van der Waals surface area contributed by atoms with Crippen molar-refractivity contribution in [3.63, 3.8) is 0 Å². The molecule has 0 spiro atoms. The van der Waals surface area contributed by atoms with Gasteiger partial charge in [0, 0.05) is 12.9 Å². The molecule has 18 heavy (non-hydrogen) atoms. The van der Waals surface area contributed by atoms with Gasteiger partial charge in [0.25, 0.3) is 5.91 Å². The van der Waals surface area contributed by atoms with E-state index in [9.17, 15) is 4.79 Å². The van der Waals surface area contributed by atoms with Crippen molar-refractivity contribution in [2.75, 3.05) is 5.32 Å². The molecule has 5 heteroatoms. The second-order valence-corrected chi connectivity index (χ2v) is 7.28. The van der Waals surface area contributed by atoms with E-state index in [0.29, 0.717) is 0 Å². The summed E-state index contributed by atoms with van der Waals surface area (Å²) in [6.45, 7) is 4.04. The molecule has 1 aromatic heterocycles. The lowest BCUT2D eigenvalue weighted by molar-refractivity contribution is 0.103. The van der Waals surface area contributed by atoms with Crippen LogP contribution in [0.2, 0.25) is 0 Å². The first-order valence-electron chi connectivity index (χ1n) is 5.31. The maximum absolute atomic E-state index is 12.1. The van der Waals surface area contributed by atoms with E-state index in [4.69, 9.17) is 0 Å². The molecule has 2 rings (SSSR count). The summed E-state index contributed by atoms with van der Waals surface area (Å²) in [5, 5.41) is 2.92. The molecular weight excluding hydrogens is 425 g/mol. The number of carbonyl (C=O) groups excluding carboxylic acids is 1. The number of hydrogen-bond donors (Lipinski definition) is 1. The highest BCUT2D eigenvalue weighted by molar-refractivity contribution is 14.1. The van der Waals surface area contributed by atoms with Crippen LogP contribution < -0.4 is 5.32 Å². The molecule has 0 fully saturated rings. The number of benzene rings is 1. The summed E-state index contributed by atoms with van der Waals surface area (Å²) in [5.41, 5.74) is 1.95. The third-order valence-corrected chi connectivity index (χ3v) is 5.05. The standard InChI is InChI=1S/C13H11BrINOS/c1-7-5-12(18-8(7)2)13(17)16-11-4-3-9(15)6-10(11)14/h3-6H,1-2H3,(H,16,17). The van der Waals surface area contributed by atoms with Gasteiger partial charge in [-0.2, -0.15) is 0 Å². The first-order chi connectivity index (χ1) is 8.47. The number of anilines is 1. The maximum Gasteiger partial charge on any atom is 0.265 e. The Morgan fingerprint density at radius 3 is 2.61 bits per heavy atom. The molecule has 0 bridgehead atoms. The fraction of sp³-hybridized carbons (Fsp3) is 0.154. The van der Waals surface area contributed by atoms with Gasteiger partial charge < -0.3 is 5.32 Å². The highest BCUT2D eigenvalue weighted by Crippen LogP contribution is 2.26. The van der Waals surface area contributed by atoms with Crippen LogP contribution in [0.1, 0.15) is 20.1 Å². The monoisotopic (exact) mass is 435 g/mol. The van der Waals surface area contributed by atoms with Gasteiger partial charge in [-0.05, 0) is 82.2 Å². The second-order valence-electron chi connectivity index (χ2n) is 3.93. The quantitative estimate of drug-likeness (QED) is 0.662. The molecule has 1 N–H and O–H groups in total. The zero-order valence-corrected chi connectivity index (χ0v) is 14.4. The molecule has 1 heterocycles. The van der Waals surface area contributed by atoms with Crippen molar-refractivity contribution in [3.8, 4) is 0 Å². The molecule has 0 unspecified atom stereocenters. The van der Waals surface area contributed by atoms with Crippen LogP contribution in [-0.4, -0.2) is 5.91 Å². The Morgan fingerprint density at radius 2 is 2.06 bits per heavy atom. The van der Waals surface area contributed by atoms with E-state index in [0.717, 1.165) is 24.2 Å². The van der Waals surface area contributed by atoms with Crippen molar-refractivity contribution < 1.29 is 4.79 Å². The van der Waals surface area contributed by atoms with Crippen molar-refractivity contribution in [3.05, 3.63) is 47.6 Å². The molecule has 2 aromatic rings. The fourth-order valence-electron chi connectivity index (χ4n) is 1.46. The number of nitrogens with one attached hydrogen (secondary N) is 1. The van der Waals surface area contributed by atoms with Gasteiger partial charge in [0.2, 0.25) is 0 Å². The first-order valence-corrected chi connectivity index (χ1v) is 7.99. The van der Waals surface area contributed by atoms with E-state index < -0.39 is 0 Å². The predicted octanol–water partition coefficient (Wildman–Crippen LogP) is 4.98. The lowest BCUT2D eigenvalue weighted by atomic mass is 10.2. The number of aryl methyl sites for hydroxylation is 2. The average Bonchev–Trinajstić information content (AvgIpc) is 2.63. The average molecular weight is 436 g/mol. The minimum absolute atomic E-state index is 0.0573. The van der Waals surface area contributed by atoms with E-state index >= 15 is 0 Å². The van der Waals surface area contributed by atoms with Crippen molar-refractivity contribution >= 4 is 61.5 Å². The third-order valence-electron chi connectivity index (χ3n) is 2.57. The second kappa shape index (κ2) is 5.71. The summed E-state index contributed by atoms with van der Waals surface area (Å²) in [5.74, 6) is -0.0573. The first kappa shape index (κ1) is 14.0. The number of thiophene rings is 1. The fourth-order valence-corrected chi connectivity index (χ4v) is 3.79. The number of amides is 1. The van der Waals surface area contributed by atoms with Crippen molar-refractivity contribution in [2.45, 2.75) is 13.8 Å². The molecule has 0 radical (unpaired) electrons. The van der Waals surface area contributed by atoms with E-state index in [1.165, 1.54) is 16.2 Å². The lowest BCUT2D eigenvalue weighted by Crippen LogP contribution is -2.10. The van der Waals surface area contributed by atoms with Gasteiger partial charge in [-0.25, -0.2) is 0 Å². The van der Waals surface area contributed by atoms with Crippen LogP contribution in [0.3, 0.4) is 0 Å². The van der Waals surface area contributed by atoms with Gasteiger partial charge in [0.1, 0.15) is 0 Å². The van der Waals surface area contributed by atoms with Gasteiger partial charge in [0.15, 0.2) is 0 Å². The van der Waals surface area contributed by atoms with Crippen molar-refractivity contribution in [1.29, 1.82) is 0 Å². The zero-order chi connectivity index (χ0) is 13.3. The highest BCUT2D eigenvalue weighted by atomic mass is 127. The minimum Gasteiger partial charge on any atom is -0.320 e. The van der Waals surface area contributed by atoms with Crippen LogP contribution in [0.25, 0.3) is 0 Å². The summed E-state index contributed by atoms with van der Waals surface area (Å²) in [6.07, 6.45) is 0. The smallest absolute Gasteiger partial charge is 0.265 e. The number of rotatable bonds is 2. The van der Waals surface area contributed by atoms with Crippen LogP contribution in [0.4, 0.5) is 5.69 Å². The Balaban J connectivity index is 2.21. The molecular formula is C13H11BrINOS. The molecule has 0 aliphatic rings. The third kappa shape index (κ3) is 3.13. The SMILES string of the molecule is Cc1cc(C(=O)Nc2ccc(I)cc2Br)sc1C. The summed E-state index contributed by atoms with van der Waals surface area (Å²) >= 11 is 7.21. The van der Waals surface area contributed by atoms with E-state index in [2.05, 4.69) is 43.8 Å². The van der Waals surface area contributed by atoms with E-state index in [1.807, 2.05) is 38.1 Å². The Labute approximate surface area is 132 Å². The van der Waals surface area contributed by atoms with Crippen molar-refractivity contribution in [2.24, 2.45) is 0 Å². The predicted molar refractivity (Wildman–Crippen MR) is 88.6 cm³/mol. The molecule has 1 amide bonds. The Hall–Kier alpha value is -0.400. The molecule has 0 saturated heterocycles. The summed E-state index contributed by atoms with van der Waals surface area (Å²) in [4.78, 5) is 14.0. The molecule has 2 nitrogen and oxygen atoms in total. The summed E-state index contributed by atoms with van der Waals surface area (Å²) in [6, 6.07) is 7.76. The Morgan fingerprint density at radius 1 is 1.33 bits per heavy atom. The molecule has 1 aromatic carbocycles. The normalized spacial score (nSPS) is 10.4. The lowest BCUT2D eigenvalue weighted by Gasteiger charge is -2.06. The molecule has 0 atom stereocenters. The zero-order valence-electron chi connectivity index (χ0n) is 9.88. The molecule has 0 aliphatic carbocycles. The van der Waals surface area contributed by atoms with Gasteiger partial charge in [0.05, 0.1) is 10.6 Å².